The van der Waals surface area contributed by atoms with Gasteiger partial charge in [0.2, 0.25) is 0 Å². The third-order valence-corrected chi connectivity index (χ3v) is 3.52. The van der Waals surface area contributed by atoms with Gasteiger partial charge in [0.15, 0.2) is 0 Å². The average Bonchev–Trinajstić information content (AvgIpc) is 2.40. The molecule has 0 atom stereocenters. The van der Waals surface area contributed by atoms with Crippen LogP contribution >= 0.6 is 0 Å². The molecular formula is C16H23N. The van der Waals surface area contributed by atoms with Crippen LogP contribution in [0.15, 0.2) is 35.9 Å². The van der Waals surface area contributed by atoms with Crippen LogP contribution in [0.2, 0.25) is 0 Å². The Balaban J connectivity index is 1.79. The lowest BCUT2D eigenvalue weighted by molar-refractivity contribution is 0.664. The fourth-order valence-electron chi connectivity index (χ4n) is 2.42. The highest BCUT2D eigenvalue weighted by atomic mass is 14.8. The van der Waals surface area contributed by atoms with Crippen molar-refractivity contribution in [3.8, 4) is 0 Å². The van der Waals surface area contributed by atoms with Crippen molar-refractivity contribution in [3.63, 3.8) is 0 Å². The summed E-state index contributed by atoms with van der Waals surface area (Å²) in [6, 6.07) is 9.03. The molecule has 1 aromatic carbocycles. The second kappa shape index (κ2) is 6.61. The predicted octanol–water partition coefficient (Wildman–Crippen LogP) is 3.49. The van der Waals surface area contributed by atoms with Crippen molar-refractivity contribution in [1.29, 1.82) is 0 Å². The van der Waals surface area contributed by atoms with E-state index in [2.05, 4.69) is 42.6 Å². The first-order valence-corrected chi connectivity index (χ1v) is 6.85. The highest BCUT2D eigenvalue weighted by molar-refractivity contribution is 5.23. The van der Waals surface area contributed by atoms with Crippen molar-refractivity contribution in [2.24, 2.45) is 0 Å². The van der Waals surface area contributed by atoms with E-state index in [0.717, 1.165) is 19.5 Å². The molecule has 1 aromatic rings. The molecule has 0 saturated heterocycles. The third-order valence-electron chi connectivity index (χ3n) is 3.52. The lowest BCUT2D eigenvalue weighted by atomic mass is 9.99. The van der Waals surface area contributed by atoms with E-state index >= 15 is 0 Å². The van der Waals surface area contributed by atoms with Gasteiger partial charge >= 0.3 is 0 Å². The minimum atomic E-state index is 1.07. The van der Waals surface area contributed by atoms with Crippen molar-refractivity contribution in [3.05, 3.63) is 47.0 Å². The van der Waals surface area contributed by atoms with Crippen LogP contribution in [-0.4, -0.2) is 13.1 Å². The molecule has 0 aliphatic carbocycles. The SMILES string of the molecule is CCc1cccc(CCCC2=CCNCC2)c1. The molecule has 1 N–H and O–H groups in total. The van der Waals surface area contributed by atoms with Gasteiger partial charge in [-0.15, -0.1) is 0 Å². The summed E-state index contributed by atoms with van der Waals surface area (Å²) in [7, 11) is 0. The van der Waals surface area contributed by atoms with Crippen LogP contribution in [0.4, 0.5) is 0 Å². The molecule has 1 nitrogen and oxygen atoms in total. The van der Waals surface area contributed by atoms with Crippen LogP contribution in [0.1, 0.15) is 37.3 Å². The Hall–Kier alpha value is -1.08. The van der Waals surface area contributed by atoms with Crippen LogP contribution in [0.25, 0.3) is 0 Å². The topological polar surface area (TPSA) is 12.0 Å². The molecule has 1 heterocycles. The second-order valence-electron chi connectivity index (χ2n) is 4.84. The zero-order chi connectivity index (χ0) is 11.9. The van der Waals surface area contributed by atoms with E-state index in [9.17, 15) is 0 Å². The summed E-state index contributed by atoms with van der Waals surface area (Å²) < 4.78 is 0. The summed E-state index contributed by atoms with van der Waals surface area (Å²) in [4.78, 5) is 0. The predicted molar refractivity (Wildman–Crippen MR) is 74.3 cm³/mol. The molecule has 0 bridgehead atoms. The maximum atomic E-state index is 3.36. The lowest BCUT2D eigenvalue weighted by Gasteiger charge is -2.13. The molecule has 1 heteroatoms. The normalized spacial score (nSPS) is 15.7. The molecule has 17 heavy (non-hydrogen) atoms. The quantitative estimate of drug-likeness (QED) is 0.762. The monoisotopic (exact) mass is 229 g/mol. The van der Waals surface area contributed by atoms with Gasteiger partial charge in [-0.25, -0.2) is 0 Å². The molecule has 0 amide bonds. The van der Waals surface area contributed by atoms with E-state index in [1.54, 1.807) is 5.57 Å². The zero-order valence-corrected chi connectivity index (χ0v) is 10.8. The molecule has 0 fully saturated rings. The van der Waals surface area contributed by atoms with Crippen LogP contribution < -0.4 is 5.32 Å². The van der Waals surface area contributed by atoms with Gasteiger partial charge in [0.25, 0.3) is 0 Å². The summed E-state index contributed by atoms with van der Waals surface area (Å²) in [5, 5.41) is 3.36. The van der Waals surface area contributed by atoms with Gasteiger partial charge in [-0.05, 0) is 49.8 Å². The van der Waals surface area contributed by atoms with E-state index in [1.807, 2.05) is 0 Å². The van der Waals surface area contributed by atoms with Gasteiger partial charge in [-0.2, -0.15) is 0 Å². The van der Waals surface area contributed by atoms with Crippen LogP contribution in [-0.2, 0) is 12.8 Å². The summed E-state index contributed by atoms with van der Waals surface area (Å²) in [6.45, 7) is 4.46. The smallest absolute Gasteiger partial charge is 0.0137 e. The van der Waals surface area contributed by atoms with Gasteiger partial charge in [0, 0.05) is 6.54 Å². The van der Waals surface area contributed by atoms with E-state index in [-0.39, 0.29) is 0 Å². The number of aryl methyl sites for hydroxylation is 2. The summed E-state index contributed by atoms with van der Waals surface area (Å²) in [5.41, 5.74) is 4.61. The third kappa shape index (κ3) is 4.01. The van der Waals surface area contributed by atoms with Gasteiger partial charge in [0.1, 0.15) is 0 Å². The number of hydrogen-bond donors (Lipinski definition) is 1. The highest BCUT2D eigenvalue weighted by Gasteiger charge is 2.02. The van der Waals surface area contributed by atoms with Crippen LogP contribution in [0, 0.1) is 0 Å². The minimum Gasteiger partial charge on any atom is -0.313 e. The Morgan fingerprint density at radius 3 is 2.82 bits per heavy atom. The molecule has 1 aliphatic heterocycles. The largest absolute Gasteiger partial charge is 0.313 e. The number of nitrogens with one attached hydrogen (secondary N) is 1. The van der Waals surface area contributed by atoms with E-state index < -0.39 is 0 Å². The van der Waals surface area contributed by atoms with E-state index in [4.69, 9.17) is 0 Å². The molecule has 2 rings (SSSR count). The Labute approximate surface area is 105 Å². The molecule has 0 radical (unpaired) electrons. The van der Waals surface area contributed by atoms with Gasteiger partial charge in [-0.1, -0.05) is 42.8 Å². The van der Waals surface area contributed by atoms with Gasteiger partial charge in [0.05, 0.1) is 0 Å². The standard InChI is InChI=1S/C16H23N/c1-2-14-5-3-7-16(13-14)8-4-6-15-9-11-17-12-10-15/h3,5,7,9,13,17H,2,4,6,8,10-12H2,1H3. The Kier molecular flexibility index (Phi) is 4.81. The van der Waals surface area contributed by atoms with Crippen molar-refractivity contribution in [1.82, 2.24) is 5.32 Å². The summed E-state index contributed by atoms with van der Waals surface area (Å²) >= 11 is 0. The van der Waals surface area contributed by atoms with Crippen LogP contribution in [0.3, 0.4) is 0 Å². The molecule has 1 aliphatic rings. The number of hydrogen-bond acceptors (Lipinski definition) is 1. The first-order valence-electron chi connectivity index (χ1n) is 6.85. The van der Waals surface area contributed by atoms with E-state index in [0.29, 0.717) is 0 Å². The van der Waals surface area contributed by atoms with Gasteiger partial charge < -0.3 is 5.32 Å². The molecule has 0 saturated carbocycles. The zero-order valence-electron chi connectivity index (χ0n) is 10.8. The highest BCUT2D eigenvalue weighted by Crippen LogP contribution is 2.15. The first-order chi connectivity index (χ1) is 8.38. The fraction of sp³-hybridized carbons (Fsp3) is 0.500. The van der Waals surface area contributed by atoms with Crippen LogP contribution in [0.5, 0.6) is 0 Å². The van der Waals surface area contributed by atoms with Crippen molar-refractivity contribution in [2.45, 2.75) is 39.0 Å². The minimum absolute atomic E-state index is 1.07. The van der Waals surface area contributed by atoms with E-state index in [1.165, 1.54) is 36.8 Å². The lowest BCUT2D eigenvalue weighted by Crippen LogP contribution is -2.20. The van der Waals surface area contributed by atoms with Crippen molar-refractivity contribution < 1.29 is 0 Å². The second-order valence-corrected chi connectivity index (χ2v) is 4.84. The summed E-state index contributed by atoms with van der Waals surface area (Å²) in [6.07, 6.45) is 8.54. The molecule has 92 valence electrons. The number of benzene rings is 1. The maximum Gasteiger partial charge on any atom is 0.0137 e. The van der Waals surface area contributed by atoms with Gasteiger partial charge in [-0.3, -0.25) is 0 Å². The Bertz CT molecular complexity index is 379. The Morgan fingerprint density at radius 1 is 1.18 bits per heavy atom. The fourth-order valence-corrected chi connectivity index (χ4v) is 2.42. The van der Waals surface area contributed by atoms with Crippen molar-refractivity contribution >= 4 is 0 Å². The molecule has 0 unspecified atom stereocenters. The van der Waals surface area contributed by atoms with Crippen molar-refractivity contribution in [2.75, 3.05) is 13.1 Å². The maximum absolute atomic E-state index is 3.36. The average molecular weight is 229 g/mol. The molecular weight excluding hydrogens is 206 g/mol. The number of rotatable bonds is 5. The Morgan fingerprint density at radius 2 is 2.06 bits per heavy atom. The molecule has 0 aromatic heterocycles. The molecule has 0 spiro atoms. The summed E-state index contributed by atoms with van der Waals surface area (Å²) in [5.74, 6) is 0. The first kappa shape index (κ1) is 12.4.